The van der Waals surface area contributed by atoms with E-state index in [1.807, 2.05) is 42.3 Å². The molecule has 1 aromatic heterocycles. The maximum absolute atomic E-state index is 12.6. The second-order valence-electron chi connectivity index (χ2n) is 6.52. The summed E-state index contributed by atoms with van der Waals surface area (Å²) in [5, 5.41) is 7.93. The molecule has 23 heavy (non-hydrogen) atoms. The Bertz CT molecular complexity index is 762. The Morgan fingerprint density at radius 3 is 2.83 bits per heavy atom. The third kappa shape index (κ3) is 2.44. The van der Waals surface area contributed by atoms with E-state index in [4.69, 9.17) is 11.6 Å². The molecule has 0 saturated carbocycles. The molecule has 1 aromatic carbocycles. The highest BCUT2D eigenvalue weighted by molar-refractivity contribution is 6.31. The highest BCUT2D eigenvalue weighted by atomic mass is 35.5. The molecule has 6 heteroatoms. The molecule has 1 amide bonds. The van der Waals surface area contributed by atoms with Crippen molar-refractivity contribution in [3.8, 4) is 0 Å². The first-order valence-corrected chi connectivity index (χ1v) is 8.26. The van der Waals surface area contributed by atoms with Gasteiger partial charge in [0.1, 0.15) is 0 Å². The van der Waals surface area contributed by atoms with Crippen molar-refractivity contribution < 1.29 is 4.79 Å². The van der Waals surface area contributed by atoms with Gasteiger partial charge in [-0.25, -0.2) is 0 Å². The number of benzene rings is 1. The van der Waals surface area contributed by atoms with Crippen LogP contribution in [0.5, 0.6) is 0 Å². The topological polar surface area (TPSA) is 50.2 Å². The highest BCUT2D eigenvalue weighted by Crippen LogP contribution is 2.45. The van der Waals surface area contributed by atoms with Gasteiger partial charge in [0, 0.05) is 36.1 Å². The molecule has 3 heterocycles. The predicted octanol–water partition coefficient (Wildman–Crippen LogP) is 2.56. The monoisotopic (exact) mass is 330 g/mol. The van der Waals surface area contributed by atoms with Crippen LogP contribution in [0.1, 0.15) is 24.0 Å². The largest absolute Gasteiger partial charge is 0.325 e. The number of rotatable bonds is 2. The van der Waals surface area contributed by atoms with Gasteiger partial charge in [0.25, 0.3) is 0 Å². The van der Waals surface area contributed by atoms with Gasteiger partial charge in [0.2, 0.25) is 5.91 Å². The second-order valence-corrected chi connectivity index (χ2v) is 6.96. The van der Waals surface area contributed by atoms with E-state index < -0.39 is 5.41 Å². The third-order valence-electron chi connectivity index (χ3n) is 5.05. The summed E-state index contributed by atoms with van der Waals surface area (Å²) in [5.74, 6) is 0.121. The van der Waals surface area contributed by atoms with Crippen LogP contribution in [0.2, 0.25) is 5.02 Å². The number of aryl methyl sites for hydroxylation is 1. The van der Waals surface area contributed by atoms with E-state index in [9.17, 15) is 4.79 Å². The molecule has 1 fully saturated rings. The number of hydrogen-bond donors (Lipinski definition) is 1. The standard InChI is InChI=1S/C17H19ClN4O/c1-21-10-12(9-19-21)11-22-6-4-17(5-7-22)14-8-13(18)2-3-15(14)20-16(17)23/h2-3,8-10H,4-7,11H2,1H3,(H,20,23). The molecular formula is C17H19ClN4O. The molecule has 0 atom stereocenters. The molecule has 0 bridgehead atoms. The lowest BCUT2D eigenvalue weighted by atomic mass is 9.73. The lowest BCUT2D eigenvalue weighted by molar-refractivity contribution is -0.122. The zero-order valence-electron chi connectivity index (χ0n) is 13.1. The van der Waals surface area contributed by atoms with Gasteiger partial charge >= 0.3 is 0 Å². The van der Waals surface area contributed by atoms with Crippen LogP contribution in [0.15, 0.2) is 30.6 Å². The summed E-state index contributed by atoms with van der Waals surface area (Å²) in [7, 11) is 1.93. The number of anilines is 1. The summed E-state index contributed by atoms with van der Waals surface area (Å²) in [5.41, 5.74) is 2.78. The van der Waals surface area contributed by atoms with Gasteiger partial charge < -0.3 is 5.32 Å². The second kappa shape index (κ2) is 5.35. The number of fused-ring (bicyclic) bond motifs is 2. The Balaban J connectivity index is 1.53. The van der Waals surface area contributed by atoms with Crippen molar-refractivity contribution in [1.29, 1.82) is 0 Å². The van der Waals surface area contributed by atoms with Crippen LogP contribution in [0.25, 0.3) is 0 Å². The number of aromatic nitrogens is 2. The number of nitrogens with zero attached hydrogens (tertiary/aromatic N) is 3. The van der Waals surface area contributed by atoms with Gasteiger partial charge in [0.05, 0.1) is 11.6 Å². The summed E-state index contributed by atoms with van der Waals surface area (Å²) < 4.78 is 1.82. The molecule has 0 aliphatic carbocycles. The van der Waals surface area contributed by atoms with Crippen molar-refractivity contribution in [1.82, 2.24) is 14.7 Å². The van der Waals surface area contributed by atoms with E-state index in [1.54, 1.807) is 0 Å². The highest BCUT2D eigenvalue weighted by Gasteiger charge is 2.48. The van der Waals surface area contributed by atoms with Crippen LogP contribution in [-0.2, 0) is 23.8 Å². The van der Waals surface area contributed by atoms with Crippen molar-refractivity contribution in [2.75, 3.05) is 18.4 Å². The van der Waals surface area contributed by atoms with E-state index in [0.29, 0.717) is 5.02 Å². The van der Waals surface area contributed by atoms with Gasteiger partial charge in [-0.2, -0.15) is 5.10 Å². The number of carbonyl (C=O) groups is 1. The molecule has 1 spiro atoms. The molecule has 120 valence electrons. The van der Waals surface area contributed by atoms with Gasteiger partial charge in [-0.3, -0.25) is 14.4 Å². The minimum atomic E-state index is -0.411. The summed E-state index contributed by atoms with van der Waals surface area (Å²) in [6.07, 6.45) is 5.60. The summed E-state index contributed by atoms with van der Waals surface area (Å²) in [4.78, 5) is 15.0. The Labute approximate surface area is 140 Å². The van der Waals surface area contributed by atoms with Crippen molar-refractivity contribution in [2.45, 2.75) is 24.8 Å². The predicted molar refractivity (Wildman–Crippen MR) is 89.5 cm³/mol. The Hall–Kier alpha value is -1.85. The molecule has 1 saturated heterocycles. The zero-order chi connectivity index (χ0) is 16.0. The van der Waals surface area contributed by atoms with Crippen LogP contribution < -0.4 is 5.32 Å². The maximum Gasteiger partial charge on any atom is 0.235 e. The van der Waals surface area contributed by atoms with Crippen LogP contribution in [0, 0.1) is 0 Å². The number of amides is 1. The Morgan fingerprint density at radius 1 is 1.35 bits per heavy atom. The number of likely N-dealkylation sites (tertiary alicyclic amines) is 1. The van der Waals surface area contributed by atoms with Gasteiger partial charge in [-0.1, -0.05) is 11.6 Å². The van der Waals surface area contributed by atoms with Crippen molar-refractivity contribution >= 4 is 23.2 Å². The van der Waals surface area contributed by atoms with Gasteiger partial charge in [0.15, 0.2) is 0 Å². The van der Waals surface area contributed by atoms with Gasteiger partial charge in [-0.05, 0) is 49.7 Å². The number of carbonyl (C=O) groups excluding carboxylic acids is 1. The minimum absolute atomic E-state index is 0.121. The number of piperidine rings is 1. The van der Waals surface area contributed by atoms with Crippen LogP contribution in [0.3, 0.4) is 0 Å². The Morgan fingerprint density at radius 2 is 2.13 bits per heavy atom. The van der Waals surface area contributed by atoms with E-state index in [-0.39, 0.29) is 5.91 Å². The summed E-state index contributed by atoms with van der Waals surface area (Å²) in [6, 6.07) is 5.69. The number of nitrogens with one attached hydrogen (secondary N) is 1. The fourth-order valence-electron chi connectivity index (χ4n) is 3.79. The first-order valence-electron chi connectivity index (χ1n) is 7.88. The number of halogens is 1. The first kappa shape index (κ1) is 14.7. The molecule has 0 unspecified atom stereocenters. The maximum atomic E-state index is 12.6. The van der Waals surface area contributed by atoms with Crippen LogP contribution in [0.4, 0.5) is 5.69 Å². The van der Waals surface area contributed by atoms with Crippen molar-refractivity contribution in [3.05, 3.63) is 46.7 Å². The van der Waals surface area contributed by atoms with Crippen LogP contribution in [-0.4, -0.2) is 33.7 Å². The number of hydrogen-bond acceptors (Lipinski definition) is 3. The van der Waals surface area contributed by atoms with Crippen molar-refractivity contribution in [3.63, 3.8) is 0 Å². The average molecular weight is 331 g/mol. The molecule has 5 nitrogen and oxygen atoms in total. The quantitative estimate of drug-likeness (QED) is 0.920. The molecule has 0 radical (unpaired) electrons. The molecule has 4 rings (SSSR count). The minimum Gasteiger partial charge on any atom is -0.325 e. The third-order valence-corrected chi connectivity index (χ3v) is 5.29. The van der Waals surface area contributed by atoms with E-state index in [1.165, 1.54) is 5.56 Å². The molecular weight excluding hydrogens is 312 g/mol. The average Bonchev–Trinajstić information content (AvgIpc) is 3.05. The van der Waals surface area contributed by atoms with Gasteiger partial charge in [-0.15, -0.1) is 0 Å². The zero-order valence-corrected chi connectivity index (χ0v) is 13.8. The molecule has 2 aliphatic heterocycles. The fourth-order valence-corrected chi connectivity index (χ4v) is 3.96. The smallest absolute Gasteiger partial charge is 0.235 e. The normalized spacial score (nSPS) is 19.8. The van der Waals surface area contributed by atoms with E-state index >= 15 is 0 Å². The summed E-state index contributed by atoms with van der Waals surface area (Å²) in [6.45, 7) is 2.68. The molecule has 2 aliphatic rings. The molecule has 2 aromatic rings. The van der Waals surface area contributed by atoms with E-state index in [2.05, 4.69) is 15.3 Å². The SMILES string of the molecule is Cn1cc(CN2CCC3(CC2)C(=O)Nc2ccc(Cl)cc23)cn1. The Kier molecular flexibility index (Phi) is 3.43. The fraction of sp³-hybridized carbons (Fsp3) is 0.412. The first-order chi connectivity index (χ1) is 11.1. The van der Waals surface area contributed by atoms with Crippen molar-refractivity contribution in [2.24, 2.45) is 7.05 Å². The lowest BCUT2D eigenvalue weighted by Crippen LogP contribution is -2.46. The lowest BCUT2D eigenvalue weighted by Gasteiger charge is -2.37. The molecule has 1 N–H and O–H groups in total. The van der Waals surface area contributed by atoms with E-state index in [0.717, 1.165) is 43.7 Å². The van der Waals surface area contributed by atoms with Crippen LogP contribution >= 0.6 is 11.6 Å². The summed E-state index contributed by atoms with van der Waals surface area (Å²) >= 11 is 6.15.